The van der Waals surface area contributed by atoms with Crippen molar-refractivity contribution in [2.45, 2.75) is 18.9 Å². The Hall–Kier alpha value is -3.24. The van der Waals surface area contributed by atoms with Crippen LogP contribution < -0.4 is 21.7 Å². The zero-order chi connectivity index (χ0) is 20.5. The van der Waals surface area contributed by atoms with Crippen molar-refractivity contribution in [1.82, 2.24) is 9.97 Å². The average Bonchev–Trinajstić information content (AvgIpc) is 3.05. The lowest BCUT2D eigenvalue weighted by Gasteiger charge is -2.30. The summed E-state index contributed by atoms with van der Waals surface area (Å²) in [4.78, 5) is 36.1. The molecule has 4 rings (SSSR count). The van der Waals surface area contributed by atoms with E-state index in [-0.39, 0.29) is 22.6 Å². The molecule has 0 unspecified atom stereocenters. The number of pyridine rings is 2. The van der Waals surface area contributed by atoms with Crippen LogP contribution in [-0.4, -0.2) is 46.1 Å². The molecule has 6 N–H and O–H groups in total. The van der Waals surface area contributed by atoms with E-state index in [4.69, 9.17) is 11.5 Å². The van der Waals surface area contributed by atoms with E-state index >= 15 is 0 Å². The van der Waals surface area contributed by atoms with Gasteiger partial charge in [0, 0.05) is 24.7 Å². The lowest BCUT2D eigenvalue weighted by atomic mass is 10.1. The molecule has 0 bridgehead atoms. The summed E-state index contributed by atoms with van der Waals surface area (Å²) in [6, 6.07) is 5.11. The Morgan fingerprint density at radius 3 is 2.72 bits per heavy atom. The Bertz CT molecular complexity index is 1080. The largest absolute Gasteiger partial charge is 0.397 e. The molecule has 3 aromatic heterocycles. The number of fused-ring (bicyclic) bond motifs is 1. The standard InChI is InChI=1S/C19H20N6O3S/c20-15-14-12(18(28)23-10-2-1-5-22-9-10)8-13(25-6-3-11(26)4-7-25)24-19(14)29-16(15)17(21)27/h1-2,5,8-9,11,26H,3-4,6-7,20H2,(H2,21,27)(H,23,28). The van der Waals surface area contributed by atoms with Gasteiger partial charge in [0.05, 0.1) is 29.2 Å². The number of anilines is 3. The zero-order valence-electron chi connectivity index (χ0n) is 15.5. The fourth-order valence-corrected chi connectivity index (χ4v) is 4.33. The van der Waals surface area contributed by atoms with Gasteiger partial charge in [-0.2, -0.15) is 0 Å². The highest BCUT2D eigenvalue weighted by Crippen LogP contribution is 2.37. The fraction of sp³-hybridized carbons (Fsp3) is 0.263. The molecule has 1 aliphatic heterocycles. The van der Waals surface area contributed by atoms with Crippen LogP contribution in [0.15, 0.2) is 30.6 Å². The smallest absolute Gasteiger partial charge is 0.260 e. The van der Waals surface area contributed by atoms with Gasteiger partial charge in [-0.1, -0.05) is 0 Å². The average molecular weight is 412 g/mol. The van der Waals surface area contributed by atoms with E-state index in [0.717, 1.165) is 11.3 Å². The second-order valence-electron chi connectivity index (χ2n) is 6.83. The van der Waals surface area contributed by atoms with Crippen molar-refractivity contribution in [3.63, 3.8) is 0 Å². The number of thiophene rings is 1. The predicted molar refractivity (Wildman–Crippen MR) is 112 cm³/mol. The van der Waals surface area contributed by atoms with Crippen LogP contribution in [0, 0.1) is 0 Å². The van der Waals surface area contributed by atoms with Gasteiger partial charge in [0.2, 0.25) is 0 Å². The number of nitrogens with zero attached hydrogens (tertiary/aromatic N) is 3. The molecule has 29 heavy (non-hydrogen) atoms. The molecule has 0 atom stereocenters. The Labute approximate surface area is 170 Å². The molecule has 3 aromatic rings. The summed E-state index contributed by atoms with van der Waals surface area (Å²) in [6.45, 7) is 1.24. The summed E-state index contributed by atoms with van der Waals surface area (Å²) < 4.78 is 0. The van der Waals surface area contributed by atoms with E-state index in [9.17, 15) is 14.7 Å². The van der Waals surface area contributed by atoms with Gasteiger partial charge in [-0.05, 0) is 31.0 Å². The van der Waals surface area contributed by atoms with E-state index in [0.29, 0.717) is 53.2 Å². The summed E-state index contributed by atoms with van der Waals surface area (Å²) in [5.41, 5.74) is 12.6. The number of aliphatic hydroxyl groups excluding tert-OH is 1. The number of rotatable bonds is 4. The van der Waals surface area contributed by atoms with Gasteiger partial charge in [0.25, 0.3) is 11.8 Å². The number of piperidine rings is 1. The van der Waals surface area contributed by atoms with Crippen LogP contribution in [0.4, 0.5) is 17.2 Å². The number of carbonyl (C=O) groups excluding carboxylic acids is 2. The Kier molecular flexibility index (Phi) is 5.03. The molecule has 0 radical (unpaired) electrons. The van der Waals surface area contributed by atoms with E-state index in [2.05, 4.69) is 15.3 Å². The third-order valence-electron chi connectivity index (χ3n) is 4.86. The lowest BCUT2D eigenvalue weighted by molar-refractivity contribution is 0.100. The van der Waals surface area contributed by atoms with Crippen molar-refractivity contribution in [3.05, 3.63) is 41.0 Å². The Morgan fingerprint density at radius 1 is 1.31 bits per heavy atom. The van der Waals surface area contributed by atoms with E-state index in [1.165, 1.54) is 6.20 Å². The van der Waals surface area contributed by atoms with Gasteiger partial charge in [-0.15, -0.1) is 11.3 Å². The number of nitrogens with two attached hydrogens (primary N) is 2. The number of aromatic nitrogens is 2. The van der Waals surface area contributed by atoms with E-state index in [1.807, 2.05) is 4.90 Å². The van der Waals surface area contributed by atoms with Crippen LogP contribution >= 0.6 is 11.3 Å². The van der Waals surface area contributed by atoms with Crippen LogP contribution in [-0.2, 0) is 0 Å². The highest BCUT2D eigenvalue weighted by molar-refractivity contribution is 7.21. The summed E-state index contributed by atoms with van der Waals surface area (Å²) in [7, 11) is 0. The normalized spacial score (nSPS) is 14.9. The van der Waals surface area contributed by atoms with Crippen molar-refractivity contribution in [1.29, 1.82) is 0 Å². The highest BCUT2D eigenvalue weighted by Gasteiger charge is 2.25. The summed E-state index contributed by atoms with van der Waals surface area (Å²) in [5, 5.41) is 13.0. The van der Waals surface area contributed by atoms with Gasteiger partial charge < -0.3 is 26.8 Å². The molecule has 0 spiro atoms. The van der Waals surface area contributed by atoms with Gasteiger partial charge >= 0.3 is 0 Å². The second-order valence-corrected chi connectivity index (χ2v) is 7.83. The first kappa shape index (κ1) is 19.1. The summed E-state index contributed by atoms with van der Waals surface area (Å²) in [6.07, 6.45) is 4.06. The van der Waals surface area contributed by atoms with E-state index < -0.39 is 5.91 Å². The van der Waals surface area contributed by atoms with Crippen LogP contribution in [0.25, 0.3) is 10.2 Å². The van der Waals surface area contributed by atoms with Crippen LogP contribution in [0.1, 0.15) is 32.9 Å². The number of aliphatic hydroxyl groups is 1. The lowest BCUT2D eigenvalue weighted by Crippen LogP contribution is -2.36. The van der Waals surface area contributed by atoms with Crippen molar-refractivity contribution in [2.75, 3.05) is 29.0 Å². The summed E-state index contributed by atoms with van der Waals surface area (Å²) >= 11 is 1.07. The van der Waals surface area contributed by atoms with Gasteiger partial charge in [-0.3, -0.25) is 14.6 Å². The zero-order valence-corrected chi connectivity index (χ0v) is 16.3. The molecule has 1 aliphatic rings. The topological polar surface area (TPSA) is 147 Å². The number of nitrogen functional groups attached to an aromatic ring is 1. The minimum absolute atomic E-state index is 0.155. The first-order chi connectivity index (χ1) is 13.9. The molecule has 4 heterocycles. The number of nitrogens with one attached hydrogen (secondary N) is 1. The maximum atomic E-state index is 13.1. The third-order valence-corrected chi connectivity index (χ3v) is 5.98. The van der Waals surface area contributed by atoms with E-state index in [1.54, 1.807) is 24.4 Å². The quantitative estimate of drug-likeness (QED) is 0.508. The number of hydrogen-bond acceptors (Lipinski definition) is 8. The van der Waals surface area contributed by atoms with Crippen molar-refractivity contribution in [3.8, 4) is 0 Å². The summed E-state index contributed by atoms with van der Waals surface area (Å²) in [5.74, 6) is -0.450. The van der Waals surface area contributed by atoms with Crippen LogP contribution in [0.3, 0.4) is 0 Å². The second kappa shape index (κ2) is 7.64. The molecule has 0 aromatic carbocycles. The predicted octanol–water partition coefficient (Wildman–Crippen LogP) is 1.59. The molecule has 0 aliphatic carbocycles. The van der Waals surface area contributed by atoms with Crippen LogP contribution in [0.5, 0.6) is 0 Å². The first-order valence-corrected chi connectivity index (χ1v) is 9.93. The highest BCUT2D eigenvalue weighted by atomic mass is 32.1. The molecular formula is C19H20N6O3S. The molecule has 2 amide bonds. The van der Waals surface area contributed by atoms with Gasteiger partial charge in [0.1, 0.15) is 15.5 Å². The molecule has 10 heteroatoms. The van der Waals surface area contributed by atoms with Gasteiger partial charge in [-0.25, -0.2) is 4.98 Å². The molecular weight excluding hydrogens is 392 g/mol. The molecule has 9 nitrogen and oxygen atoms in total. The first-order valence-electron chi connectivity index (χ1n) is 9.11. The van der Waals surface area contributed by atoms with Gasteiger partial charge in [0.15, 0.2) is 0 Å². The third kappa shape index (κ3) is 3.71. The fourth-order valence-electron chi connectivity index (χ4n) is 3.36. The monoisotopic (exact) mass is 412 g/mol. The molecule has 1 fully saturated rings. The number of carbonyl (C=O) groups is 2. The molecule has 0 saturated carbocycles. The molecule has 150 valence electrons. The van der Waals surface area contributed by atoms with Crippen molar-refractivity contribution in [2.24, 2.45) is 5.73 Å². The SMILES string of the molecule is NC(=O)c1sc2nc(N3CCC(O)CC3)cc(C(=O)Nc3cccnc3)c2c1N. The van der Waals surface area contributed by atoms with Crippen LogP contribution in [0.2, 0.25) is 0 Å². The Morgan fingerprint density at radius 2 is 2.07 bits per heavy atom. The Balaban J connectivity index is 1.81. The minimum atomic E-state index is -0.660. The number of primary amides is 1. The maximum Gasteiger partial charge on any atom is 0.260 e. The minimum Gasteiger partial charge on any atom is -0.397 e. The molecule has 1 saturated heterocycles. The maximum absolute atomic E-state index is 13.1. The number of amides is 2. The number of hydrogen-bond donors (Lipinski definition) is 4. The van der Waals surface area contributed by atoms with Crippen molar-refractivity contribution < 1.29 is 14.7 Å². The van der Waals surface area contributed by atoms with Crippen molar-refractivity contribution >= 4 is 50.6 Å².